The lowest BCUT2D eigenvalue weighted by atomic mass is 10.2. The molecule has 0 amide bonds. The Bertz CT molecular complexity index is 646. The highest BCUT2D eigenvalue weighted by Crippen LogP contribution is 2.24. The van der Waals surface area contributed by atoms with E-state index in [1.54, 1.807) is 17.6 Å². The zero-order valence-corrected chi connectivity index (χ0v) is 12.1. The molecule has 0 aliphatic carbocycles. The Labute approximate surface area is 122 Å². The van der Waals surface area contributed by atoms with Gasteiger partial charge in [0, 0.05) is 13.1 Å². The molecular weight excluding hydrogens is 268 g/mol. The van der Waals surface area contributed by atoms with Crippen molar-refractivity contribution in [1.82, 2.24) is 9.88 Å². The van der Waals surface area contributed by atoms with Crippen LogP contribution in [-0.4, -0.2) is 16.9 Å². The summed E-state index contributed by atoms with van der Waals surface area (Å²) in [7, 11) is 2.09. The van der Waals surface area contributed by atoms with E-state index in [2.05, 4.69) is 41.2 Å². The summed E-state index contributed by atoms with van der Waals surface area (Å²) < 4.78 is 5.53. The fraction of sp³-hybridized carbons (Fsp3) is 0.188. The van der Waals surface area contributed by atoms with E-state index >= 15 is 0 Å². The number of oxazole rings is 1. The van der Waals surface area contributed by atoms with Crippen LogP contribution in [0.1, 0.15) is 11.3 Å². The van der Waals surface area contributed by atoms with Gasteiger partial charge in [0.1, 0.15) is 6.26 Å². The Hall–Kier alpha value is -1.91. The van der Waals surface area contributed by atoms with Crippen molar-refractivity contribution in [3.8, 4) is 10.8 Å². The van der Waals surface area contributed by atoms with Crippen molar-refractivity contribution in [2.45, 2.75) is 13.1 Å². The summed E-state index contributed by atoms with van der Waals surface area (Å²) in [4.78, 5) is 7.84. The van der Waals surface area contributed by atoms with Crippen LogP contribution in [0.2, 0.25) is 0 Å². The summed E-state index contributed by atoms with van der Waals surface area (Å²) in [6.45, 7) is 1.69. The van der Waals surface area contributed by atoms with Crippen molar-refractivity contribution in [2.75, 3.05) is 7.05 Å². The number of rotatable bonds is 5. The third kappa shape index (κ3) is 3.15. The van der Waals surface area contributed by atoms with Gasteiger partial charge in [-0.1, -0.05) is 36.4 Å². The predicted octanol–water partition coefficient (Wildman–Crippen LogP) is 4.04. The molecule has 1 aromatic carbocycles. The van der Waals surface area contributed by atoms with Gasteiger partial charge in [-0.05, 0) is 24.1 Å². The molecule has 0 bridgehead atoms. The third-order valence-corrected chi connectivity index (χ3v) is 3.87. The minimum atomic E-state index is 0.711. The largest absolute Gasteiger partial charge is 0.444 e. The van der Waals surface area contributed by atoms with Crippen molar-refractivity contribution in [3.63, 3.8) is 0 Å². The topological polar surface area (TPSA) is 29.3 Å². The van der Waals surface area contributed by atoms with Gasteiger partial charge in [-0.2, -0.15) is 0 Å². The summed E-state index contributed by atoms with van der Waals surface area (Å²) in [5, 5.41) is 2.03. The van der Waals surface area contributed by atoms with Crippen LogP contribution in [0.4, 0.5) is 0 Å². The number of benzene rings is 1. The third-order valence-electron chi connectivity index (χ3n) is 3.01. The fourth-order valence-corrected chi connectivity index (χ4v) is 2.78. The minimum absolute atomic E-state index is 0.711. The van der Waals surface area contributed by atoms with Gasteiger partial charge in [0.2, 0.25) is 5.89 Å². The Morgan fingerprint density at radius 2 is 1.95 bits per heavy atom. The molecule has 102 valence electrons. The normalized spacial score (nSPS) is 11.1. The molecule has 0 saturated carbocycles. The van der Waals surface area contributed by atoms with E-state index in [0.29, 0.717) is 5.89 Å². The van der Waals surface area contributed by atoms with Crippen molar-refractivity contribution >= 4 is 11.3 Å². The average molecular weight is 284 g/mol. The highest BCUT2D eigenvalue weighted by molar-refractivity contribution is 7.13. The number of aromatic nitrogens is 1. The molecule has 0 N–H and O–H groups in total. The first-order valence-corrected chi connectivity index (χ1v) is 7.40. The quantitative estimate of drug-likeness (QED) is 0.708. The molecule has 2 heterocycles. The van der Waals surface area contributed by atoms with Crippen LogP contribution in [-0.2, 0) is 13.1 Å². The summed E-state index contributed by atoms with van der Waals surface area (Å²) in [5.74, 6) is 0.711. The number of hydrogen-bond donors (Lipinski definition) is 0. The second-order valence-electron chi connectivity index (χ2n) is 4.78. The standard InChI is InChI=1S/C16H16N2OS/c1-18(10-13-6-3-2-4-7-13)11-14-12-19-16(17-14)15-8-5-9-20-15/h2-9,12H,10-11H2,1H3. The Kier molecular flexibility index (Phi) is 3.95. The van der Waals surface area contributed by atoms with Crippen LogP contribution < -0.4 is 0 Å². The molecule has 3 aromatic rings. The molecule has 0 aliphatic rings. The van der Waals surface area contributed by atoms with E-state index in [9.17, 15) is 0 Å². The van der Waals surface area contributed by atoms with Crippen LogP contribution in [0.3, 0.4) is 0 Å². The average Bonchev–Trinajstić information content (AvgIpc) is 3.10. The molecule has 2 aromatic heterocycles. The summed E-state index contributed by atoms with van der Waals surface area (Å²) in [6.07, 6.45) is 1.75. The lowest BCUT2D eigenvalue weighted by molar-refractivity contribution is 0.315. The zero-order chi connectivity index (χ0) is 13.8. The van der Waals surface area contributed by atoms with E-state index in [-0.39, 0.29) is 0 Å². The molecule has 0 spiro atoms. The molecule has 4 heteroatoms. The fourth-order valence-electron chi connectivity index (χ4n) is 2.12. The SMILES string of the molecule is CN(Cc1ccccc1)Cc1coc(-c2cccs2)n1. The van der Waals surface area contributed by atoms with Crippen LogP contribution in [0.15, 0.2) is 58.5 Å². The maximum absolute atomic E-state index is 5.53. The van der Waals surface area contributed by atoms with Gasteiger partial charge in [0.15, 0.2) is 0 Å². The van der Waals surface area contributed by atoms with Gasteiger partial charge in [-0.15, -0.1) is 11.3 Å². The summed E-state index contributed by atoms with van der Waals surface area (Å²) in [5.41, 5.74) is 2.27. The van der Waals surface area contributed by atoms with Crippen molar-refractivity contribution in [1.29, 1.82) is 0 Å². The molecule has 0 aliphatic heterocycles. The van der Waals surface area contributed by atoms with Crippen molar-refractivity contribution in [2.24, 2.45) is 0 Å². The monoisotopic (exact) mass is 284 g/mol. The molecular formula is C16H16N2OS. The summed E-state index contributed by atoms with van der Waals surface area (Å²) >= 11 is 1.64. The molecule has 3 rings (SSSR count). The molecule has 0 radical (unpaired) electrons. The minimum Gasteiger partial charge on any atom is -0.444 e. The molecule has 0 atom stereocenters. The highest BCUT2D eigenvalue weighted by Gasteiger charge is 2.09. The van der Waals surface area contributed by atoms with Gasteiger partial charge in [-0.25, -0.2) is 4.98 Å². The smallest absolute Gasteiger partial charge is 0.236 e. The van der Waals surface area contributed by atoms with Crippen molar-refractivity contribution < 1.29 is 4.42 Å². The van der Waals surface area contributed by atoms with Crippen LogP contribution in [0.5, 0.6) is 0 Å². The first-order chi connectivity index (χ1) is 9.81. The maximum atomic E-state index is 5.53. The Morgan fingerprint density at radius 1 is 1.10 bits per heavy atom. The lowest BCUT2D eigenvalue weighted by Crippen LogP contribution is -2.17. The molecule has 20 heavy (non-hydrogen) atoms. The lowest BCUT2D eigenvalue weighted by Gasteiger charge is -2.14. The molecule has 0 saturated heterocycles. The van der Waals surface area contributed by atoms with E-state index in [4.69, 9.17) is 4.42 Å². The summed E-state index contributed by atoms with van der Waals surface area (Å²) in [6, 6.07) is 14.5. The molecule has 0 unspecified atom stereocenters. The molecule has 3 nitrogen and oxygen atoms in total. The number of nitrogens with zero attached hydrogens (tertiary/aromatic N) is 2. The second-order valence-corrected chi connectivity index (χ2v) is 5.73. The van der Waals surface area contributed by atoms with E-state index in [1.165, 1.54) is 5.56 Å². The van der Waals surface area contributed by atoms with Crippen LogP contribution in [0, 0.1) is 0 Å². The van der Waals surface area contributed by atoms with Gasteiger partial charge in [-0.3, -0.25) is 4.90 Å². The number of thiophene rings is 1. The zero-order valence-electron chi connectivity index (χ0n) is 11.3. The first-order valence-electron chi connectivity index (χ1n) is 6.52. The van der Waals surface area contributed by atoms with Gasteiger partial charge >= 0.3 is 0 Å². The first kappa shape index (κ1) is 13.1. The van der Waals surface area contributed by atoms with Crippen LogP contribution >= 0.6 is 11.3 Å². The van der Waals surface area contributed by atoms with E-state index in [1.807, 2.05) is 23.6 Å². The maximum Gasteiger partial charge on any atom is 0.236 e. The van der Waals surface area contributed by atoms with Gasteiger partial charge in [0.05, 0.1) is 10.6 Å². The van der Waals surface area contributed by atoms with Crippen LogP contribution in [0.25, 0.3) is 10.8 Å². The van der Waals surface area contributed by atoms with Gasteiger partial charge in [0.25, 0.3) is 0 Å². The number of hydrogen-bond acceptors (Lipinski definition) is 4. The van der Waals surface area contributed by atoms with Gasteiger partial charge < -0.3 is 4.42 Å². The highest BCUT2D eigenvalue weighted by atomic mass is 32.1. The van der Waals surface area contributed by atoms with E-state index < -0.39 is 0 Å². The van der Waals surface area contributed by atoms with E-state index in [0.717, 1.165) is 23.7 Å². The van der Waals surface area contributed by atoms with Crippen molar-refractivity contribution in [3.05, 3.63) is 65.4 Å². The Morgan fingerprint density at radius 3 is 2.70 bits per heavy atom. The second kappa shape index (κ2) is 6.03. The predicted molar refractivity (Wildman–Crippen MR) is 81.4 cm³/mol. The Balaban J connectivity index is 1.63. The molecule has 0 fully saturated rings.